The largest absolute Gasteiger partial charge is 0.673 e. The van der Waals surface area contributed by atoms with E-state index in [1.807, 2.05) is 0 Å². The number of aryl methyl sites for hydroxylation is 3. The van der Waals surface area contributed by atoms with E-state index in [-0.39, 0.29) is 10.8 Å². The Morgan fingerprint density at radius 2 is 0.952 bits per heavy atom. The first-order valence-corrected chi connectivity index (χ1v) is 14.3. The van der Waals surface area contributed by atoms with Gasteiger partial charge in [-0.1, -0.05) is 89.6 Å². The number of benzene rings is 4. The van der Waals surface area contributed by atoms with Crippen molar-refractivity contribution in [2.45, 2.75) is 73.1 Å². The zero-order valence-corrected chi connectivity index (χ0v) is 26.0. The summed E-state index contributed by atoms with van der Waals surface area (Å²) in [5.41, 5.74) is 13.2. The fourth-order valence-electron chi connectivity index (χ4n) is 5.76. The predicted octanol–water partition coefficient (Wildman–Crippen LogP) is 10.8. The number of halogens is 4. The van der Waals surface area contributed by atoms with E-state index in [1.165, 1.54) is 66.4 Å². The average molecular weight is 574 g/mol. The summed E-state index contributed by atoms with van der Waals surface area (Å²) in [6.45, 7) is 20.5. The van der Waals surface area contributed by atoms with Gasteiger partial charge in [-0.2, -0.15) is 4.57 Å². The molecule has 0 aliphatic carbocycles. The van der Waals surface area contributed by atoms with Crippen LogP contribution in [0.2, 0.25) is 0 Å². The molecule has 1 heterocycles. The smallest absolute Gasteiger partial charge is 0.418 e. The molecule has 220 valence electrons. The van der Waals surface area contributed by atoms with Crippen LogP contribution in [0.5, 0.6) is 0 Å². The number of hydrogen-bond donors (Lipinski definition) is 0. The van der Waals surface area contributed by atoms with E-state index in [0.29, 0.717) is 0 Å². The molecule has 1 nitrogen and oxygen atoms in total. The zero-order chi connectivity index (χ0) is 31.2. The maximum absolute atomic E-state index is 9.75. The van der Waals surface area contributed by atoms with Crippen molar-refractivity contribution in [1.29, 1.82) is 0 Å². The molecule has 0 atom stereocenters. The SMILES string of the molecule is Cc1cc(C)c(-c2c3ccc(C(C)(C)C)cc3[n+](-c3ccccc3)c3cc(C(C)(C)C)ccc23)c(C)c1.F[B-](F)(F)F. The Labute approximate surface area is 247 Å². The van der Waals surface area contributed by atoms with Gasteiger partial charge in [0.05, 0.1) is 10.8 Å². The van der Waals surface area contributed by atoms with Gasteiger partial charge >= 0.3 is 7.25 Å². The molecule has 0 aliphatic rings. The van der Waals surface area contributed by atoms with Gasteiger partial charge in [0, 0.05) is 29.8 Å². The first-order valence-electron chi connectivity index (χ1n) is 14.3. The highest BCUT2D eigenvalue weighted by atomic mass is 19.5. The summed E-state index contributed by atoms with van der Waals surface area (Å²) >= 11 is 0. The summed E-state index contributed by atoms with van der Waals surface area (Å²) in [7, 11) is -6.00. The van der Waals surface area contributed by atoms with Crippen molar-refractivity contribution in [2.24, 2.45) is 0 Å². The number of hydrogen-bond acceptors (Lipinski definition) is 0. The number of pyridine rings is 1. The Balaban J connectivity index is 0.000000748. The van der Waals surface area contributed by atoms with Crippen LogP contribution in [0.25, 0.3) is 38.6 Å². The fourth-order valence-corrected chi connectivity index (χ4v) is 5.76. The minimum atomic E-state index is -6.00. The molecule has 0 spiro atoms. The van der Waals surface area contributed by atoms with Crippen molar-refractivity contribution in [3.8, 4) is 16.8 Å². The van der Waals surface area contributed by atoms with Crippen LogP contribution >= 0.6 is 0 Å². The summed E-state index contributed by atoms with van der Waals surface area (Å²) < 4.78 is 41.5. The Hall–Kier alpha value is -3.67. The second-order valence-corrected chi connectivity index (χ2v) is 13.3. The van der Waals surface area contributed by atoms with Crippen molar-refractivity contribution >= 4 is 29.1 Å². The Morgan fingerprint density at radius 3 is 1.33 bits per heavy atom. The highest BCUT2D eigenvalue weighted by Gasteiger charge is 2.28. The molecule has 0 aliphatic heterocycles. The van der Waals surface area contributed by atoms with Crippen LogP contribution in [0, 0.1) is 20.8 Å². The van der Waals surface area contributed by atoms with Gasteiger partial charge in [0.1, 0.15) is 0 Å². The highest BCUT2D eigenvalue weighted by Crippen LogP contribution is 2.41. The molecule has 0 bridgehead atoms. The maximum Gasteiger partial charge on any atom is 0.673 e. The van der Waals surface area contributed by atoms with Gasteiger partial charge in [0.15, 0.2) is 0 Å². The number of nitrogens with zero attached hydrogens (tertiary/aromatic N) is 1. The molecule has 0 N–H and O–H groups in total. The van der Waals surface area contributed by atoms with Crippen LogP contribution in [0.4, 0.5) is 17.3 Å². The van der Waals surface area contributed by atoms with Crippen molar-refractivity contribution in [3.05, 3.63) is 107 Å². The Kier molecular flexibility index (Phi) is 8.34. The summed E-state index contributed by atoms with van der Waals surface area (Å²) in [5, 5.41) is 2.59. The van der Waals surface area contributed by atoms with E-state index in [4.69, 9.17) is 0 Å². The van der Waals surface area contributed by atoms with Gasteiger partial charge in [0.2, 0.25) is 16.7 Å². The molecule has 0 amide bonds. The van der Waals surface area contributed by atoms with Crippen LogP contribution in [0.1, 0.15) is 69.4 Å². The molecular weight excluding hydrogens is 533 g/mol. The molecule has 5 rings (SSSR count). The first kappa shape index (κ1) is 31.3. The average Bonchev–Trinajstić information content (AvgIpc) is 2.85. The Morgan fingerprint density at radius 1 is 0.548 bits per heavy atom. The third-order valence-electron chi connectivity index (χ3n) is 7.69. The van der Waals surface area contributed by atoms with Gasteiger partial charge in [-0.25, -0.2) is 0 Å². The van der Waals surface area contributed by atoms with Crippen LogP contribution in [0.3, 0.4) is 0 Å². The zero-order valence-electron chi connectivity index (χ0n) is 26.0. The molecule has 4 aromatic carbocycles. The molecule has 5 aromatic rings. The van der Waals surface area contributed by atoms with Crippen molar-refractivity contribution < 1.29 is 21.8 Å². The summed E-state index contributed by atoms with van der Waals surface area (Å²) in [6.07, 6.45) is 0. The Bertz CT molecular complexity index is 1650. The number of aromatic nitrogens is 1. The van der Waals surface area contributed by atoms with E-state index in [2.05, 4.69) is 146 Å². The van der Waals surface area contributed by atoms with Crippen LogP contribution in [-0.4, -0.2) is 7.25 Å². The van der Waals surface area contributed by atoms with E-state index in [9.17, 15) is 17.3 Å². The predicted molar refractivity (Wildman–Crippen MR) is 170 cm³/mol. The lowest BCUT2D eigenvalue weighted by Crippen LogP contribution is -2.34. The fraction of sp³-hybridized carbons (Fsp3) is 0.306. The summed E-state index contributed by atoms with van der Waals surface area (Å²) in [6, 6.07) is 29.7. The van der Waals surface area contributed by atoms with Gasteiger partial charge < -0.3 is 17.3 Å². The lowest BCUT2D eigenvalue weighted by atomic mass is 9.82. The van der Waals surface area contributed by atoms with E-state index in [1.54, 1.807) is 0 Å². The number of rotatable bonds is 2. The van der Waals surface area contributed by atoms with Gasteiger partial charge in [-0.3, -0.25) is 0 Å². The quantitative estimate of drug-likeness (QED) is 0.0856. The second-order valence-electron chi connectivity index (χ2n) is 13.3. The van der Waals surface area contributed by atoms with E-state index >= 15 is 0 Å². The highest BCUT2D eigenvalue weighted by molar-refractivity contribution is 6.50. The maximum atomic E-state index is 9.75. The molecule has 0 unspecified atom stereocenters. The normalized spacial score (nSPS) is 12.4. The van der Waals surface area contributed by atoms with Gasteiger partial charge in [-0.05, 0) is 71.6 Å². The molecule has 6 heteroatoms. The van der Waals surface area contributed by atoms with Crippen molar-refractivity contribution in [1.82, 2.24) is 0 Å². The topological polar surface area (TPSA) is 3.88 Å². The lowest BCUT2D eigenvalue weighted by molar-refractivity contribution is -0.538. The molecule has 0 saturated heterocycles. The molecule has 1 aromatic heterocycles. The lowest BCUT2D eigenvalue weighted by Gasteiger charge is -2.22. The number of para-hydroxylation sites is 1. The van der Waals surface area contributed by atoms with Crippen LogP contribution in [-0.2, 0) is 10.8 Å². The molecule has 0 fully saturated rings. The van der Waals surface area contributed by atoms with E-state index < -0.39 is 7.25 Å². The summed E-state index contributed by atoms with van der Waals surface area (Å²) in [5.74, 6) is 0. The van der Waals surface area contributed by atoms with Crippen molar-refractivity contribution in [3.63, 3.8) is 0 Å². The molecule has 0 saturated carbocycles. The van der Waals surface area contributed by atoms with Crippen LogP contribution in [0.15, 0.2) is 78.9 Å². The van der Waals surface area contributed by atoms with E-state index in [0.717, 1.165) is 0 Å². The minimum Gasteiger partial charge on any atom is -0.418 e. The minimum absolute atomic E-state index is 0.0563. The first-order chi connectivity index (χ1) is 19.4. The van der Waals surface area contributed by atoms with Crippen molar-refractivity contribution in [2.75, 3.05) is 0 Å². The monoisotopic (exact) mass is 573 g/mol. The third-order valence-corrected chi connectivity index (χ3v) is 7.69. The second kappa shape index (κ2) is 11.2. The van der Waals surface area contributed by atoms with Crippen LogP contribution < -0.4 is 4.57 Å². The standard InChI is InChI=1S/C36H40N.BF4/c1-23-19-24(2)33(25(3)20-23)34-29-17-15-26(35(4,5)6)21-31(29)37(28-13-11-10-12-14-28)32-22-27(36(7,8)9)16-18-30(32)34;2-1(3,4)5/h10-22H,1-9H3;/q+1;-1. The molecule has 0 radical (unpaired) electrons. The van der Waals surface area contributed by atoms with Gasteiger partial charge in [-0.15, -0.1) is 0 Å². The molecular formula is C36H40BF4N. The van der Waals surface area contributed by atoms with Gasteiger partial charge in [0.25, 0.3) is 0 Å². The third kappa shape index (κ3) is 6.69. The number of fused-ring (bicyclic) bond motifs is 2. The molecule has 42 heavy (non-hydrogen) atoms. The summed E-state index contributed by atoms with van der Waals surface area (Å²) in [4.78, 5) is 0.